The molecular formula is C6H6F2NO3-. The van der Waals surface area contributed by atoms with Crippen molar-refractivity contribution in [1.82, 2.24) is 0 Å². The summed E-state index contributed by atoms with van der Waals surface area (Å²) in [6, 6.07) is -1.82. The summed E-state index contributed by atoms with van der Waals surface area (Å²) in [7, 11) is 0. The van der Waals surface area contributed by atoms with E-state index in [0.717, 1.165) is 6.08 Å². The molecular weight excluding hydrogens is 172 g/mol. The molecule has 0 spiro atoms. The molecule has 6 heteroatoms. The van der Waals surface area contributed by atoms with E-state index in [1.54, 1.807) is 0 Å². The maximum absolute atomic E-state index is 12.2. The number of halogens is 2. The molecule has 0 saturated heterocycles. The molecule has 0 aromatic heterocycles. The second kappa shape index (κ2) is 3.92. The van der Waals surface area contributed by atoms with Crippen LogP contribution in [0.15, 0.2) is 4.99 Å². The van der Waals surface area contributed by atoms with Gasteiger partial charge in [0.15, 0.2) is 0 Å². The number of isocyanates is 1. The van der Waals surface area contributed by atoms with E-state index in [2.05, 4.69) is 4.99 Å². The van der Waals surface area contributed by atoms with Gasteiger partial charge < -0.3 is 9.90 Å². The largest absolute Gasteiger partial charge is 0.548 e. The Kier molecular flexibility index (Phi) is 3.50. The predicted molar refractivity (Wildman–Crippen MR) is 32.2 cm³/mol. The zero-order chi connectivity index (χ0) is 9.78. The Bertz CT molecular complexity index is 215. The number of carbonyl (C=O) groups is 1. The summed E-state index contributed by atoms with van der Waals surface area (Å²) in [6.45, 7) is 0.531. The van der Waals surface area contributed by atoms with Crippen molar-refractivity contribution in [3.05, 3.63) is 0 Å². The monoisotopic (exact) mass is 178 g/mol. The molecule has 4 nitrogen and oxygen atoms in total. The molecule has 0 amide bonds. The molecule has 0 rings (SSSR count). The van der Waals surface area contributed by atoms with Gasteiger partial charge in [-0.25, -0.2) is 13.6 Å². The summed E-state index contributed by atoms with van der Waals surface area (Å²) in [4.78, 5) is 22.3. The molecule has 0 aliphatic carbocycles. The maximum Gasteiger partial charge on any atom is 0.247 e. The number of aliphatic imine (C=N–C) groups is 1. The van der Waals surface area contributed by atoms with Gasteiger partial charge in [0, 0.05) is 6.42 Å². The van der Waals surface area contributed by atoms with Crippen molar-refractivity contribution in [2.45, 2.75) is 25.3 Å². The molecule has 1 unspecified atom stereocenters. The Morgan fingerprint density at radius 2 is 2.25 bits per heavy atom. The highest BCUT2D eigenvalue weighted by Gasteiger charge is 2.27. The number of nitrogens with zero attached hydrogens (tertiary/aromatic N) is 1. The molecule has 0 fully saturated rings. The highest BCUT2D eigenvalue weighted by Crippen LogP contribution is 2.19. The van der Waals surface area contributed by atoms with Crippen LogP contribution in [0.4, 0.5) is 8.78 Å². The fraction of sp³-hybridized carbons (Fsp3) is 0.667. The maximum atomic E-state index is 12.2. The Hall–Kier alpha value is -1.29. The van der Waals surface area contributed by atoms with E-state index < -0.39 is 24.4 Å². The molecule has 0 bridgehead atoms. The number of carboxylic acid groups (broad SMARTS) is 1. The van der Waals surface area contributed by atoms with Crippen LogP contribution in [0.25, 0.3) is 0 Å². The molecule has 0 saturated carbocycles. The number of aliphatic carboxylic acids is 1. The van der Waals surface area contributed by atoms with Gasteiger partial charge in [-0.05, 0) is 6.92 Å². The van der Waals surface area contributed by atoms with Crippen LogP contribution in [-0.2, 0) is 9.59 Å². The highest BCUT2D eigenvalue weighted by atomic mass is 19.3. The number of alkyl halides is 2. The highest BCUT2D eigenvalue weighted by molar-refractivity contribution is 5.72. The zero-order valence-electron chi connectivity index (χ0n) is 6.21. The summed E-state index contributed by atoms with van der Waals surface area (Å²) in [6.07, 6.45) is -0.158. The first kappa shape index (κ1) is 10.7. The van der Waals surface area contributed by atoms with Gasteiger partial charge in [-0.2, -0.15) is 4.99 Å². The van der Waals surface area contributed by atoms with Gasteiger partial charge >= 0.3 is 0 Å². The first-order chi connectivity index (χ1) is 5.37. The van der Waals surface area contributed by atoms with Crippen molar-refractivity contribution in [2.75, 3.05) is 0 Å². The number of carbonyl (C=O) groups excluding carboxylic acids is 2. The standard InChI is InChI=1S/C6H7F2NO3/c1-6(7,8)2-4(5(11)12)9-3-10/h4H,2H2,1H3,(H,11,12)/p-1. The van der Waals surface area contributed by atoms with Crippen LogP contribution in [-0.4, -0.2) is 24.0 Å². The van der Waals surface area contributed by atoms with Gasteiger partial charge in [0.05, 0.1) is 5.97 Å². The minimum Gasteiger partial charge on any atom is -0.548 e. The quantitative estimate of drug-likeness (QED) is 0.430. The Labute approximate surface area is 66.9 Å². The van der Waals surface area contributed by atoms with E-state index in [9.17, 15) is 23.5 Å². The van der Waals surface area contributed by atoms with Crippen molar-refractivity contribution >= 4 is 12.0 Å². The molecule has 0 aliphatic rings. The molecule has 1 atom stereocenters. The average molecular weight is 178 g/mol. The van der Waals surface area contributed by atoms with E-state index in [1.807, 2.05) is 0 Å². The molecule has 0 N–H and O–H groups in total. The van der Waals surface area contributed by atoms with Crippen LogP contribution < -0.4 is 5.11 Å². The van der Waals surface area contributed by atoms with Gasteiger partial charge in [-0.3, -0.25) is 0 Å². The lowest BCUT2D eigenvalue weighted by molar-refractivity contribution is -0.308. The van der Waals surface area contributed by atoms with E-state index in [0.29, 0.717) is 6.92 Å². The Balaban J connectivity index is 4.34. The first-order valence-electron chi connectivity index (χ1n) is 3.02. The summed E-state index contributed by atoms with van der Waals surface area (Å²) in [5, 5.41) is 10.1. The summed E-state index contributed by atoms with van der Waals surface area (Å²) in [5.74, 6) is -5.00. The van der Waals surface area contributed by atoms with Crippen LogP contribution in [0.5, 0.6) is 0 Å². The van der Waals surface area contributed by atoms with Crippen molar-refractivity contribution in [3.8, 4) is 0 Å². The molecule has 0 aliphatic heterocycles. The molecule has 12 heavy (non-hydrogen) atoms. The third-order valence-corrected chi connectivity index (χ3v) is 1.03. The van der Waals surface area contributed by atoms with Crippen LogP contribution in [0.1, 0.15) is 13.3 Å². The van der Waals surface area contributed by atoms with Crippen LogP contribution in [0, 0.1) is 0 Å². The second-order valence-electron chi connectivity index (χ2n) is 2.33. The lowest BCUT2D eigenvalue weighted by Crippen LogP contribution is -2.37. The number of hydrogen-bond acceptors (Lipinski definition) is 4. The minimum absolute atomic E-state index is 0.531. The minimum atomic E-state index is -3.19. The summed E-state index contributed by atoms with van der Waals surface area (Å²) < 4.78 is 24.4. The van der Waals surface area contributed by atoms with E-state index in [4.69, 9.17) is 0 Å². The fourth-order valence-corrected chi connectivity index (χ4v) is 0.585. The molecule has 68 valence electrons. The Morgan fingerprint density at radius 1 is 1.75 bits per heavy atom. The Morgan fingerprint density at radius 3 is 2.50 bits per heavy atom. The van der Waals surface area contributed by atoms with E-state index in [1.165, 1.54) is 0 Å². The number of carboxylic acids is 1. The lowest BCUT2D eigenvalue weighted by Gasteiger charge is -2.15. The van der Waals surface area contributed by atoms with Crippen molar-refractivity contribution in [1.29, 1.82) is 0 Å². The average Bonchev–Trinajstić information content (AvgIpc) is 1.83. The fourth-order valence-electron chi connectivity index (χ4n) is 0.585. The summed E-state index contributed by atoms with van der Waals surface area (Å²) >= 11 is 0. The molecule has 0 aromatic carbocycles. The van der Waals surface area contributed by atoms with Crippen molar-refractivity contribution in [3.63, 3.8) is 0 Å². The van der Waals surface area contributed by atoms with E-state index >= 15 is 0 Å². The third kappa shape index (κ3) is 4.51. The van der Waals surface area contributed by atoms with Crippen molar-refractivity contribution < 1.29 is 23.5 Å². The molecule has 0 aromatic rings. The summed E-state index contributed by atoms with van der Waals surface area (Å²) in [5.41, 5.74) is 0. The zero-order valence-corrected chi connectivity index (χ0v) is 6.21. The topological polar surface area (TPSA) is 69.6 Å². The molecule has 0 heterocycles. The third-order valence-electron chi connectivity index (χ3n) is 1.03. The predicted octanol–water partition coefficient (Wildman–Crippen LogP) is -0.514. The normalized spacial score (nSPS) is 13.2. The van der Waals surface area contributed by atoms with Gasteiger partial charge in [-0.15, -0.1) is 0 Å². The van der Waals surface area contributed by atoms with Crippen molar-refractivity contribution in [2.24, 2.45) is 4.99 Å². The van der Waals surface area contributed by atoms with Crippen LogP contribution >= 0.6 is 0 Å². The van der Waals surface area contributed by atoms with Gasteiger partial charge in [0.2, 0.25) is 12.0 Å². The van der Waals surface area contributed by atoms with E-state index in [-0.39, 0.29) is 0 Å². The van der Waals surface area contributed by atoms with Crippen LogP contribution in [0.3, 0.4) is 0 Å². The smallest absolute Gasteiger partial charge is 0.247 e. The van der Waals surface area contributed by atoms with Crippen LogP contribution in [0.2, 0.25) is 0 Å². The number of rotatable bonds is 4. The van der Waals surface area contributed by atoms with Gasteiger partial charge in [0.1, 0.15) is 6.04 Å². The lowest BCUT2D eigenvalue weighted by atomic mass is 10.1. The molecule has 0 radical (unpaired) electrons. The SMILES string of the molecule is CC(F)(F)CC(N=C=O)C(=O)[O-]. The number of hydrogen-bond donors (Lipinski definition) is 0. The first-order valence-corrected chi connectivity index (χ1v) is 3.02. The van der Waals surface area contributed by atoms with Gasteiger partial charge in [-0.1, -0.05) is 0 Å². The second-order valence-corrected chi connectivity index (χ2v) is 2.33. The van der Waals surface area contributed by atoms with Gasteiger partial charge in [0.25, 0.3) is 0 Å².